The molecular formula is C11H23NO3. The molecule has 4 heteroatoms. The largest absolute Gasteiger partial charge is 0.396 e. The lowest BCUT2D eigenvalue weighted by molar-refractivity contribution is -0.133. The van der Waals surface area contributed by atoms with Crippen LogP contribution in [0, 0.1) is 0 Å². The summed E-state index contributed by atoms with van der Waals surface area (Å²) >= 11 is 0. The average molecular weight is 217 g/mol. The van der Waals surface area contributed by atoms with E-state index < -0.39 is 6.10 Å². The minimum absolute atomic E-state index is 0.0550. The number of hydrogen-bond donors (Lipinski definition) is 2. The van der Waals surface area contributed by atoms with Gasteiger partial charge in [0.25, 0.3) is 0 Å². The van der Waals surface area contributed by atoms with Gasteiger partial charge in [-0.3, -0.25) is 4.79 Å². The molecule has 15 heavy (non-hydrogen) atoms. The molecular weight excluding hydrogens is 194 g/mol. The van der Waals surface area contributed by atoms with Crippen LogP contribution in [0.5, 0.6) is 0 Å². The molecule has 0 fully saturated rings. The number of aliphatic hydroxyl groups is 2. The smallest absolute Gasteiger partial charge is 0.222 e. The number of aliphatic hydroxyl groups excluding tert-OH is 2. The van der Waals surface area contributed by atoms with Gasteiger partial charge in [0.1, 0.15) is 0 Å². The van der Waals surface area contributed by atoms with Gasteiger partial charge in [-0.25, -0.2) is 0 Å². The Kier molecular flexibility index (Phi) is 7.34. The van der Waals surface area contributed by atoms with Crippen molar-refractivity contribution < 1.29 is 15.0 Å². The summed E-state index contributed by atoms with van der Waals surface area (Å²) < 4.78 is 0. The lowest BCUT2D eigenvalue weighted by Crippen LogP contribution is -2.38. The van der Waals surface area contributed by atoms with E-state index in [0.29, 0.717) is 25.8 Å². The van der Waals surface area contributed by atoms with Crippen molar-refractivity contribution >= 4 is 5.91 Å². The van der Waals surface area contributed by atoms with Crippen LogP contribution in [-0.2, 0) is 4.79 Å². The number of rotatable bonds is 7. The van der Waals surface area contributed by atoms with Crippen LogP contribution in [-0.4, -0.2) is 46.3 Å². The van der Waals surface area contributed by atoms with Crippen LogP contribution in [0.4, 0.5) is 0 Å². The first kappa shape index (κ1) is 14.4. The SMILES string of the molecule is CC(O)CCC(=O)N(CCCO)C(C)C. The second kappa shape index (κ2) is 7.65. The van der Waals surface area contributed by atoms with Crippen molar-refractivity contribution in [1.82, 2.24) is 4.90 Å². The molecule has 0 aliphatic heterocycles. The Morgan fingerprint density at radius 1 is 1.33 bits per heavy atom. The molecule has 0 aliphatic rings. The first-order valence-corrected chi connectivity index (χ1v) is 5.57. The maximum absolute atomic E-state index is 11.7. The van der Waals surface area contributed by atoms with E-state index in [9.17, 15) is 4.79 Å². The summed E-state index contributed by atoms with van der Waals surface area (Å²) in [6, 6.07) is 0.151. The predicted octanol–water partition coefficient (Wildman–Crippen LogP) is 0.767. The highest BCUT2D eigenvalue weighted by Crippen LogP contribution is 2.06. The van der Waals surface area contributed by atoms with Gasteiger partial charge >= 0.3 is 0 Å². The lowest BCUT2D eigenvalue weighted by atomic mass is 10.2. The van der Waals surface area contributed by atoms with Gasteiger partial charge < -0.3 is 15.1 Å². The normalized spacial score (nSPS) is 12.9. The fourth-order valence-corrected chi connectivity index (χ4v) is 1.39. The molecule has 0 aromatic carbocycles. The Bertz CT molecular complexity index is 181. The highest BCUT2D eigenvalue weighted by atomic mass is 16.3. The Hall–Kier alpha value is -0.610. The van der Waals surface area contributed by atoms with E-state index in [2.05, 4.69) is 0 Å². The average Bonchev–Trinajstić information content (AvgIpc) is 2.14. The number of carbonyl (C=O) groups excluding carboxylic acids is 1. The van der Waals surface area contributed by atoms with Crippen molar-refractivity contribution in [3.05, 3.63) is 0 Å². The van der Waals surface area contributed by atoms with E-state index in [-0.39, 0.29) is 18.6 Å². The third kappa shape index (κ3) is 6.47. The van der Waals surface area contributed by atoms with Crippen LogP contribution >= 0.6 is 0 Å². The topological polar surface area (TPSA) is 60.8 Å². The van der Waals surface area contributed by atoms with E-state index in [1.54, 1.807) is 11.8 Å². The molecule has 0 heterocycles. The minimum Gasteiger partial charge on any atom is -0.396 e. The summed E-state index contributed by atoms with van der Waals surface area (Å²) in [7, 11) is 0. The van der Waals surface area contributed by atoms with E-state index in [0.717, 1.165) is 0 Å². The summed E-state index contributed by atoms with van der Waals surface area (Å²) in [6.07, 6.45) is 1.06. The molecule has 0 bridgehead atoms. The van der Waals surface area contributed by atoms with Crippen molar-refractivity contribution in [1.29, 1.82) is 0 Å². The first-order chi connectivity index (χ1) is 6.99. The molecule has 2 N–H and O–H groups in total. The van der Waals surface area contributed by atoms with Crippen molar-refractivity contribution in [3.8, 4) is 0 Å². The van der Waals surface area contributed by atoms with Crippen LogP contribution in [0.3, 0.4) is 0 Å². The summed E-state index contributed by atoms with van der Waals surface area (Å²) in [4.78, 5) is 13.5. The molecule has 0 spiro atoms. The van der Waals surface area contributed by atoms with Crippen LogP contribution in [0.1, 0.15) is 40.0 Å². The standard InChI is InChI=1S/C11H23NO3/c1-9(2)12(7-4-8-13)11(15)6-5-10(3)14/h9-10,13-14H,4-8H2,1-3H3. The van der Waals surface area contributed by atoms with Crippen molar-refractivity contribution in [3.63, 3.8) is 0 Å². The molecule has 4 nitrogen and oxygen atoms in total. The number of amides is 1. The number of carbonyl (C=O) groups is 1. The highest BCUT2D eigenvalue weighted by molar-refractivity contribution is 5.76. The van der Waals surface area contributed by atoms with Gasteiger partial charge in [-0.05, 0) is 33.6 Å². The third-order valence-corrected chi connectivity index (χ3v) is 2.28. The van der Waals surface area contributed by atoms with Crippen LogP contribution in [0.25, 0.3) is 0 Å². The van der Waals surface area contributed by atoms with Crippen LogP contribution < -0.4 is 0 Å². The van der Waals surface area contributed by atoms with Gasteiger partial charge in [-0.2, -0.15) is 0 Å². The minimum atomic E-state index is -0.430. The van der Waals surface area contributed by atoms with Crippen molar-refractivity contribution in [2.24, 2.45) is 0 Å². The molecule has 0 aromatic rings. The van der Waals surface area contributed by atoms with Crippen molar-refractivity contribution in [2.75, 3.05) is 13.2 Å². The molecule has 0 rings (SSSR count). The van der Waals surface area contributed by atoms with Crippen LogP contribution in [0.2, 0.25) is 0 Å². The number of hydrogen-bond acceptors (Lipinski definition) is 3. The van der Waals surface area contributed by atoms with E-state index in [1.807, 2.05) is 13.8 Å². The van der Waals surface area contributed by atoms with Gasteiger partial charge in [-0.15, -0.1) is 0 Å². The van der Waals surface area contributed by atoms with E-state index in [1.165, 1.54) is 0 Å². The van der Waals surface area contributed by atoms with Gasteiger partial charge in [0.15, 0.2) is 0 Å². The first-order valence-electron chi connectivity index (χ1n) is 5.57. The maximum atomic E-state index is 11.7. The fourth-order valence-electron chi connectivity index (χ4n) is 1.39. The fraction of sp³-hybridized carbons (Fsp3) is 0.909. The molecule has 0 aliphatic carbocycles. The molecule has 0 saturated carbocycles. The quantitative estimate of drug-likeness (QED) is 0.662. The Morgan fingerprint density at radius 3 is 2.33 bits per heavy atom. The lowest BCUT2D eigenvalue weighted by Gasteiger charge is -2.26. The van der Waals surface area contributed by atoms with Crippen LogP contribution in [0.15, 0.2) is 0 Å². The molecule has 90 valence electrons. The molecule has 0 aromatic heterocycles. The zero-order valence-electron chi connectivity index (χ0n) is 9.94. The Balaban J connectivity index is 4.05. The number of nitrogens with zero attached hydrogens (tertiary/aromatic N) is 1. The molecule has 1 atom stereocenters. The Labute approximate surface area is 91.9 Å². The zero-order valence-corrected chi connectivity index (χ0v) is 9.94. The van der Waals surface area contributed by atoms with E-state index >= 15 is 0 Å². The monoisotopic (exact) mass is 217 g/mol. The molecule has 1 unspecified atom stereocenters. The summed E-state index contributed by atoms with van der Waals surface area (Å²) in [5, 5.41) is 17.8. The summed E-state index contributed by atoms with van der Waals surface area (Å²) in [5.74, 6) is 0.0550. The second-order valence-corrected chi connectivity index (χ2v) is 4.15. The predicted molar refractivity (Wildman–Crippen MR) is 59.5 cm³/mol. The second-order valence-electron chi connectivity index (χ2n) is 4.15. The summed E-state index contributed by atoms with van der Waals surface area (Å²) in [6.45, 7) is 6.29. The molecule has 1 amide bonds. The van der Waals surface area contributed by atoms with E-state index in [4.69, 9.17) is 10.2 Å². The van der Waals surface area contributed by atoms with Gasteiger partial charge in [0.05, 0.1) is 6.10 Å². The van der Waals surface area contributed by atoms with Gasteiger partial charge in [0, 0.05) is 25.6 Å². The van der Waals surface area contributed by atoms with Gasteiger partial charge in [-0.1, -0.05) is 0 Å². The van der Waals surface area contributed by atoms with Gasteiger partial charge in [0.2, 0.25) is 5.91 Å². The summed E-state index contributed by atoms with van der Waals surface area (Å²) in [5.41, 5.74) is 0. The molecule has 0 saturated heterocycles. The zero-order chi connectivity index (χ0) is 11.8. The van der Waals surface area contributed by atoms with Crippen molar-refractivity contribution in [2.45, 2.75) is 52.2 Å². The highest BCUT2D eigenvalue weighted by Gasteiger charge is 2.16. The maximum Gasteiger partial charge on any atom is 0.222 e. The Morgan fingerprint density at radius 2 is 1.93 bits per heavy atom. The molecule has 0 radical (unpaired) electrons. The third-order valence-electron chi connectivity index (χ3n) is 2.28.